The van der Waals surface area contributed by atoms with Gasteiger partial charge < -0.3 is 11.5 Å². The van der Waals surface area contributed by atoms with E-state index in [9.17, 15) is 4.79 Å². The summed E-state index contributed by atoms with van der Waals surface area (Å²) in [6.07, 6.45) is 4.30. The number of carbonyl (C=O) groups is 1. The van der Waals surface area contributed by atoms with E-state index in [-0.39, 0.29) is 5.78 Å². The molecule has 0 bridgehead atoms. The van der Waals surface area contributed by atoms with E-state index >= 15 is 0 Å². The van der Waals surface area contributed by atoms with Gasteiger partial charge in [-0.1, -0.05) is 13.8 Å². The van der Waals surface area contributed by atoms with Crippen molar-refractivity contribution in [3.8, 4) is 0 Å². The van der Waals surface area contributed by atoms with Crippen LogP contribution in [0.2, 0.25) is 0 Å². The summed E-state index contributed by atoms with van der Waals surface area (Å²) in [5.41, 5.74) is 12.3. The average molecular weight is 221 g/mol. The van der Waals surface area contributed by atoms with Gasteiger partial charge in [0.2, 0.25) is 0 Å². The van der Waals surface area contributed by atoms with Crippen molar-refractivity contribution in [2.75, 3.05) is 12.3 Å². The van der Waals surface area contributed by atoms with Crippen LogP contribution < -0.4 is 11.5 Å². The predicted octanol–water partition coefficient (Wildman–Crippen LogP) is 1.15. The maximum Gasteiger partial charge on any atom is 0.144 e. The third-order valence-corrected chi connectivity index (χ3v) is 3.20. The Labute approximate surface area is 96.0 Å². The highest BCUT2D eigenvalue weighted by Crippen LogP contribution is 2.23. The highest BCUT2D eigenvalue weighted by Gasteiger charge is 2.29. The first-order chi connectivity index (χ1) is 7.53. The van der Waals surface area contributed by atoms with Crippen molar-refractivity contribution < 1.29 is 4.79 Å². The molecule has 1 rings (SSSR count). The van der Waals surface area contributed by atoms with Gasteiger partial charge in [0, 0.05) is 42.0 Å². The van der Waals surface area contributed by atoms with Crippen LogP contribution in [0.5, 0.6) is 0 Å². The van der Waals surface area contributed by atoms with Crippen LogP contribution >= 0.6 is 0 Å². The summed E-state index contributed by atoms with van der Waals surface area (Å²) in [6.45, 7) is 4.22. The maximum absolute atomic E-state index is 12.1. The monoisotopic (exact) mass is 221 g/mol. The molecule has 0 spiro atoms. The molecule has 1 aromatic rings. The molecule has 1 heterocycles. The molecule has 1 aromatic heterocycles. The Kier molecular flexibility index (Phi) is 4.01. The number of nitrogens with zero attached hydrogens (tertiary/aromatic N) is 1. The summed E-state index contributed by atoms with van der Waals surface area (Å²) in [4.78, 5) is 16.1. The van der Waals surface area contributed by atoms with Gasteiger partial charge in [0.05, 0.1) is 0 Å². The molecule has 4 nitrogen and oxygen atoms in total. The van der Waals surface area contributed by atoms with Crippen LogP contribution in [-0.2, 0) is 11.2 Å². The Bertz CT molecular complexity index is 372. The summed E-state index contributed by atoms with van der Waals surface area (Å²) in [6, 6.07) is 1.70. The van der Waals surface area contributed by atoms with Crippen LogP contribution in [0.1, 0.15) is 25.8 Å². The molecule has 88 valence electrons. The molecule has 0 radical (unpaired) electrons. The summed E-state index contributed by atoms with van der Waals surface area (Å²) in [5, 5.41) is 0. The number of nitrogen functional groups attached to an aromatic ring is 1. The first-order valence-corrected chi connectivity index (χ1v) is 5.45. The van der Waals surface area contributed by atoms with Crippen molar-refractivity contribution in [1.29, 1.82) is 0 Å². The van der Waals surface area contributed by atoms with E-state index in [2.05, 4.69) is 4.98 Å². The fraction of sp³-hybridized carbons (Fsp3) is 0.500. The molecule has 0 aromatic carbocycles. The molecule has 4 N–H and O–H groups in total. The Morgan fingerprint density at radius 1 is 1.56 bits per heavy atom. The number of rotatable bonds is 5. The minimum Gasteiger partial charge on any atom is -0.398 e. The molecule has 0 aliphatic heterocycles. The number of carbonyl (C=O) groups excluding carboxylic acids is 1. The van der Waals surface area contributed by atoms with Crippen LogP contribution in [0.3, 0.4) is 0 Å². The molecule has 0 aliphatic carbocycles. The molecule has 0 aliphatic rings. The zero-order valence-electron chi connectivity index (χ0n) is 9.86. The minimum atomic E-state index is -0.456. The topological polar surface area (TPSA) is 82.0 Å². The van der Waals surface area contributed by atoms with Crippen molar-refractivity contribution in [2.45, 2.75) is 26.7 Å². The van der Waals surface area contributed by atoms with Gasteiger partial charge in [0.15, 0.2) is 0 Å². The number of nitrogens with two attached hydrogens (primary N) is 2. The minimum absolute atomic E-state index is 0.122. The van der Waals surface area contributed by atoms with E-state index < -0.39 is 5.41 Å². The maximum atomic E-state index is 12.1. The van der Waals surface area contributed by atoms with E-state index in [1.807, 2.05) is 13.8 Å². The molecular formula is C12H19N3O. The number of pyridine rings is 1. The molecule has 1 atom stereocenters. The van der Waals surface area contributed by atoms with Gasteiger partial charge in [0.1, 0.15) is 5.78 Å². The van der Waals surface area contributed by atoms with Gasteiger partial charge in [-0.2, -0.15) is 0 Å². The van der Waals surface area contributed by atoms with Crippen molar-refractivity contribution >= 4 is 11.5 Å². The molecule has 0 saturated carbocycles. The quantitative estimate of drug-likeness (QED) is 0.781. The molecule has 4 heteroatoms. The van der Waals surface area contributed by atoms with E-state index in [0.29, 0.717) is 18.7 Å². The number of ketones is 1. The van der Waals surface area contributed by atoms with Gasteiger partial charge in [-0.3, -0.25) is 9.78 Å². The molecule has 0 amide bonds. The number of anilines is 1. The number of hydrogen-bond donors (Lipinski definition) is 2. The summed E-state index contributed by atoms with van der Waals surface area (Å²) in [7, 11) is 0. The standard InChI is InChI=1S/C12H19N3O/c1-3-12(2,8-13)11(16)6-9-7-15-5-4-10(9)14/h4-5,7H,3,6,8,13H2,1-2H3,(H2,14,15). The average Bonchev–Trinajstić information content (AvgIpc) is 2.31. The van der Waals surface area contributed by atoms with Crippen molar-refractivity contribution in [3.05, 3.63) is 24.0 Å². The Morgan fingerprint density at radius 2 is 2.25 bits per heavy atom. The van der Waals surface area contributed by atoms with E-state index in [1.54, 1.807) is 18.5 Å². The predicted molar refractivity (Wildman–Crippen MR) is 64.8 cm³/mol. The summed E-state index contributed by atoms with van der Waals surface area (Å²) < 4.78 is 0. The third-order valence-electron chi connectivity index (χ3n) is 3.20. The normalized spacial score (nSPS) is 14.4. The smallest absolute Gasteiger partial charge is 0.144 e. The molecule has 1 unspecified atom stereocenters. The van der Waals surface area contributed by atoms with Crippen LogP contribution in [0.25, 0.3) is 0 Å². The molecular weight excluding hydrogens is 202 g/mol. The second-order valence-corrected chi connectivity index (χ2v) is 4.29. The number of aromatic nitrogens is 1. The number of Topliss-reactive ketones (excluding diaryl/α,β-unsaturated/α-hetero) is 1. The lowest BCUT2D eigenvalue weighted by molar-refractivity contribution is -0.126. The highest BCUT2D eigenvalue weighted by atomic mass is 16.1. The lowest BCUT2D eigenvalue weighted by Gasteiger charge is -2.24. The van der Waals surface area contributed by atoms with Gasteiger partial charge >= 0.3 is 0 Å². The van der Waals surface area contributed by atoms with Gasteiger partial charge in [-0.25, -0.2) is 0 Å². The fourth-order valence-electron chi connectivity index (χ4n) is 1.43. The number of hydrogen-bond acceptors (Lipinski definition) is 4. The lowest BCUT2D eigenvalue weighted by Crippen LogP contribution is -2.36. The lowest BCUT2D eigenvalue weighted by atomic mass is 9.80. The first kappa shape index (κ1) is 12.6. The van der Waals surface area contributed by atoms with Crippen molar-refractivity contribution in [2.24, 2.45) is 11.1 Å². The van der Waals surface area contributed by atoms with Crippen molar-refractivity contribution in [3.63, 3.8) is 0 Å². The first-order valence-electron chi connectivity index (χ1n) is 5.45. The van der Waals surface area contributed by atoms with Crippen LogP contribution in [0.15, 0.2) is 18.5 Å². The second-order valence-electron chi connectivity index (χ2n) is 4.29. The molecule has 0 saturated heterocycles. The van der Waals surface area contributed by atoms with Gasteiger partial charge in [-0.05, 0) is 12.5 Å². The Hall–Kier alpha value is -1.42. The van der Waals surface area contributed by atoms with Gasteiger partial charge in [0.25, 0.3) is 0 Å². The van der Waals surface area contributed by atoms with E-state index in [0.717, 1.165) is 12.0 Å². The SMILES string of the molecule is CCC(C)(CN)C(=O)Cc1cnccc1N. The van der Waals surface area contributed by atoms with E-state index in [1.165, 1.54) is 0 Å². The molecule has 0 fully saturated rings. The largest absolute Gasteiger partial charge is 0.398 e. The Morgan fingerprint density at radius 3 is 2.75 bits per heavy atom. The third kappa shape index (κ3) is 2.58. The van der Waals surface area contributed by atoms with Gasteiger partial charge in [-0.15, -0.1) is 0 Å². The summed E-state index contributed by atoms with van der Waals surface area (Å²) in [5.74, 6) is 0.122. The second kappa shape index (κ2) is 5.07. The van der Waals surface area contributed by atoms with Crippen LogP contribution in [0.4, 0.5) is 5.69 Å². The molecule has 16 heavy (non-hydrogen) atoms. The van der Waals surface area contributed by atoms with Crippen LogP contribution in [0, 0.1) is 5.41 Å². The summed E-state index contributed by atoms with van der Waals surface area (Å²) >= 11 is 0. The zero-order chi connectivity index (χ0) is 12.2. The Balaban J connectivity index is 2.83. The zero-order valence-corrected chi connectivity index (χ0v) is 9.86. The fourth-order valence-corrected chi connectivity index (χ4v) is 1.43. The highest BCUT2D eigenvalue weighted by molar-refractivity contribution is 5.87. The van der Waals surface area contributed by atoms with Crippen molar-refractivity contribution in [1.82, 2.24) is 4.98 Å². The van der Waals surface area contributed by atoms with E-state index in [4.69, 9.17) is 11.5 Å². The van der Waals surface area contributed by atoms with Crippen LogP contribution in [-0.4, -0.2) is 17.3 Å².